The topological polar surface area (TPSA) is 54.0 Å². The number of benzene rings is 2. The summed E-state index contributed by atoms with van der Waals surface area (Å²) in [6.07, 6.45) is 0.464. The summed E-state index contributed by atoms with van der Waals surface area (Å²) in [6.45, 7) is 5.70. The molecule has 0 saturated carbocycles. The average Bonchev–Trinajstić information content (AvgIpc) is 2.74. The summed E-state index contributed by atoms with van der Waals surface area (Å²) < 4.78 is 10.8. The molecule has 1 fully saturated rings. The first-order chi connectivity index (χ1) is 13.6. The Hall–Kier alpha value is -2.89. The number of anilines is 2. The van der Waals surface area contributed by atoms with Crippen LogP contribution >= 0.6 is 0 Å². The highest BCUT2D eigenvalue weighted by atomic mass is 16.5. The Balaban J connectivity index is 1.49. The fourth-order valence-corrected chi connectivity index (χ4v) is 3.51. The van der Waals surface area contributed by atoms with Gasteiger partial charge in [0.15, 0.2) is 0 Å². The number of aryl methyl sites for hydroxylation is 1. The van der Waals surface area contributed by atoms with E-state index in [1.54, 1.807) is 14.2 Å². The predicted molar refractivity (Wildman–Crippen MR) is 113 cm³/mol. The van der Waals surface area contributed by atoms with Crippen molar-refractivity contribution < 1.29 is 14.3 Å². The van der Waals surface area contributed by atoms with E-state index in [0.717, 1.165) is 54.6 Å². The van der Waals surface area contributed by atoms with E-state index in [-0.39, 0.29) is 5.91 Å². The van der Waals surface area contributed by atoms with Gasteiger partial charge in [0.1, 0.15) is 11.5 Å². The molecule has 1 saturated heterocycles. The van der Waals surface area contributed by atoms with Crippen LogP contribution in [-0.2, 0) is 4.79 Å². The molecule has 1 N–H and O–H groups in total. The van der Waals surface area contributed by atoms with E-state index in [9.17, 15) is 4.79 Å². The van der Waals surface area contributed by atoms with Crippen molar-refractivity contribution in [2.45, 2.75) is 13.3 Å². The highest BCUT2D eigenvalue weighted by molar-refractivity contribution is 5.77. The van der Waals surface area contributed by atoms with Gasteiger partial charge in [-0.3, -0.25) is 4.79 Å². The number of carbonyl (C=O) groups is 1. The van der Waals surface area contributed by atoms with Crippen molar-refractivity contribution in [3.8, 4) is 11.5 Å². The summed E-state index contributed by atoms with van der Waals surface area (Å²) in [5.74, 6) is 1.85. The Morgan fingerprint density at radius 1 is 1.00 bits per heavy atom. The molecule has 1 aliphatic heterocycles. The van der Waals surface area contributed by atoms with Crippen LogP contribution in [0.5, 0.6) is 11.5 Å². The van der Waals surface area contributed by atoms with Gasteiger partial charge in [0.05, 0.1) is 25.6 Å². The van der Waals surface area contributed by atoms with Gasteiger partial charge in [-0.1, -0.05) is 18.2 Å². The van der Waals surface area contributed by atoms with Gasteiger partial charge in [-0.25, -0.2) is 0 Å². The number of amides is 1. The molecule has 0 atom stereocenters. The van der Waals surface area contributed by atoms with Crippen LogP contribution < -0.4 is 19.7 Å². The van der Waals surface area contributed by atoms with E-state index < -0.39 is 0 Å². The maximum atomic E-state index is 12.6. The van der Waals surface area contributed by atoms with Crippen LogP contribution in [0.4, 0.5) is 11.4 Å². The lowest BCUT2D eigenvalue weighted by atomic mass is 10.2. The van der Waals surface area contributed by atoms with Crippen LogP contribution in [0.25, 0.3) is 0 Å². The van der Waals surface area contributed by atoms with Crippen LogP contribution in [0.15, 0.2) is 42.5 Å². The normalized spacial score (nSPS) is 14.0. The zero-order valence-electron chi connectivity index (χ0n) is 16.9. The molecule has 28 heavy (non-hydrogen) atoms. The molecule has 6 heteroatoms. The number of nitrogens with zero attached hydrogens (tertiary/aromatic N) is 2. The van der Waals surface area contributed by atoms with Gasteiger partial charge >= 0.3 is 0 Å². The minimum Gasteiger partial charge on any atom is -0.495 e. The molecule has 0 aromatic heterocycles. The number of carbonyl (C=O) groups excluding carboxylic acids is 1. The van der Waals surface area contributed by atoms with E-state index >= 15 is 0 Å². The standard InChI is InChI=1S/C22H29N3O3/c1-17-8-9-20(27-2)18(16-17)23-11-10-22(26)25-14-12-24(13-15-25)19-6-4-5-7-21(19)28-3/h4-9,16,23H,10-15H2,1-3H3. The molecular weight excluding hydrogens is 354 g/mol. The van der Waals surface area contributed by atoms with E-state index in [1.807, 2.05) is 48.2 Å². The summed E-state index contributed by atoms with van der Waals surface area (Å²) in [5, 5.41) is 3.33. The second-order valence-electron chi connectivity index (χ2n) is 6.92. The van der Waals surface area contributed by atoms with Crippen LogP contribution in [0.3, 0.4) is 0 Å². The summed E-state index contributed by atoms with van der Waals surface area (Å²) in [6, 6.07) is 14.0. The van der Waals surface area contributed by atoms with Crippen LogP contribution in [0.1, 0.15) is 12.0 Å². The molecule has 3 rings (SSSR count). The van der Waals surface area contributed by atoms with Crippen LogP contribution in [0.2, 0.25) is 0 Å². The number of hydrogen-bond acceptors (Lipinski definition) is 5. The summed E-state index contributed by atoms with van der Waals surface area (Å²) in [7, 11) is 3.34. The molecule has 0 radical (unpaired) electrons. The number of ether oxygens (including phenoxy) is 2. The number of rotatable bonds is 7. The Labute approximate surface area is 167 Å². The Morgan fingerprint density at radius 3 is 2.43 bits per heavy atom. The lowest BCUT2D eigenvalue weighted by Gasteiger charge is -2.36. The van der Waals surface area contributed by atoms with Gasteiger partial charge in [0.2, 0.25) is 5.91 Å². The molecule has 0 spiro atoms. The quantitative estimate of drug-likeness (QED) is 0.796. The van der Waals surface area contributed by atoms with E-state index in [4.69, 9.17) is 9.47 Å². The van der Waals surface area contributed by atoms with E-state index in [0.29, 0.717) is 13.0 Å². The SMILES string of the molecule is COc1ccc(C)cc1NCCC(=O)N1CCN(c2ccccc2OC)CC1. The molecule has 150 valence electrons. The average molecular weight is 383 g/mol. The van der Waals surface area contributed by atoms with Crippen LogP contribution in [-0.4, -0.2) is 57.8 Å². The van der Waals surface area contributed by atoms with Gasteiger partial charge < -0.3 is 24.6 Å². The molecule has 1 heterocycles. The molecule has 1 amide bonds. The number of hydrogen-bond donors (Lipinski definition) is 1. The lowest BCUT2D eigenvalue weighted by molar-refractivity contribution is -0.131. The second kappa shape index (κ2) is 9.35. The van der Waals surface area contributed by atoms with Gasteiger partial charge in [-0.15, -0.1) is 0 Å². The van der Waals surface area contributed by atoms with Crippen molar-refractivity contribution >= 4 is 17.3 Å². The van der Waals surface area contributed by atoms with E-state index in [1.165, 1.54) is 0 Å². The molecule has 0 aliphatic carbocycles. The largest absolute Gasteiger partial charge is 0.495 e. The zero-order valence-corrected chi connectivity index (χ0v) is 16.9. The smallest absolute Gasteiger partial charge is 0.224 e. The van der Waals surface area contributed by atoms with Gasteiger partial charge in [0.25, 0.3) is 0 Å². The van der Waals surface area contributed by atoms with Gasteiger partial charge in [-0.05, 0) is 36.8 Å². The van der Waals surface area contributed by atoms with Crippen molar-refractivity contribution in [2.75, 3.05) is 57.2 Å². The first kappa shape index (κ1) is 19.9. The maximum Gasteiger partial charge on any atom is 0.224 e. The Morgan fingerprint density at radius 2 is 1.71 bits per heavy atom. The van der Waals surface area contributed by atoms with Gasteiger partial charge in [-0.2, -0.15) is 0 Å². The second-order valence-corrected chi connectivity index (χ2v) is 6.92. The molecule has 2 aromatic carbocycles. The fourth-order valence-electron chi connectivity index (χ4n) is 3.51. The van der Waals surface area contributed by atoms with Crippen molar-refractivity contribution in [1.82, 2.24) is 4.90 Å². The molecule has 6 nitrogen and oxygen atoms in total. The lowest BCUT2D eigenvalue weighted by Crippen LogP contribution is -2.49. The molecular formula is C22H29N3O3. The monoisotopic (exact) mass is 383 g/mol. The third-order valence-corrected chi connectivity index (χ3v) is 5.07. The number of nitrogens with one attached hydrogen (secondary N) is 1. The van der Waals surface area contributed by atoms with Crippen LogP contribution in [0, 0.1) is 6.92 Å². The Kier molecular flexibility index (Phi) is 6.63. The minimum atomic E-state index is 0.179. The fraction of sp³-hybridized carbons (Fsp3) is 0.409. The number of piperazine rings is 1. The maximum absolute atomic E-state index is 12.6. The Bertz CT molecular complexity index is 801. The first-order valence-electron chi connectivity index (χ1n) is 9.66. The highest BCUT2D eigenvalue weighted by Gasteiger charge is 2.22. The summed E-state index contributed by atoms with van der Waals surface area (Å²) in [5.41, 5.74) is 3.17. The third-order valence-electron chi connectivity index (χ3n) is 5.07. The van der Waals surface area contributed by atoms with Crippen molar-refractivity contribution in [3.05, 3.63) is 48.0 Å². The van der Waals surface area contributed by atoms with Gasteiger partial charge in [0, 0.05) is 39.1 Å². The number of methoxy groups -OCH3 is 2. The molecule has 2 aromatic rings. The molecule has 0 unspecified atom stereocenters. The van der Waals surface area contributed by atoms with Crippen molar-refractivity contribution in [3.63, 3.8) is 0 Å². The number of para-hydroxylation sites is 2. The summed E-state index contributed by atoms with van der Waals surface area (Å²) >= 11 is 0. The third kappa shape index (κ3) is 4.68. The van der Waals surface area contributed by atoms with E-state index in [2.05, 4.69) is 16.3 Å². The highest BCUT2D eigenvalue weighted by Crippen LogP contribution is 2.28. The minimum absolute atomic E-state index is 0.179. The van der Waals surface area contributed by atoms with Crippen molar-refractivity contribution in [2.24, 2.45) is 0 Å². The molecule has 0 bridgehead atoms. The molecule has 1 aliphatic rings. The predicted octanol–water partition coefficient (Wildman–Crippen LogP) is 3.16. The summed E-state index contributed by atoms with van der Waals surface area (Å²) in [4.78, 5) is 16.8. The van der Waals surface area contributed by atoms with Crippen molar-refractivity contribution in [1.29, 1.82) is 0 Å². The zero-order chi connectivity index (χ0) is 19.9. The first-order valence-corrected chi connectivity index (χ1v) is 9.66.